The first kappa shape index (κ1) is 16.1. The van der Waals surface area contributed by atoms with Crippen LogP contribution in [-0.2, 0) is 19.4 Å². The van der Waals surface area contributed by atoms with Gasteiger partial charge in [0.2, 0.25) is 0 Å². The number of hydrogen-bond donors (Lipinski definition) is 1. The molecule has 114 valence electrons. The van der Waals surface area contributed by atoms with Gasteiger partial charge in [-0.25, -0.2) is 4.98 Å². The number of nitrogens with zero attached hydrogens (tertiary/aromatic N) is 2. The normalized spacial score (nSPS) is 12.5. The summed E-state index contributed by atoms with van der Waals surface area (Å²) in [6.07, 6.45) is 6.90. The van der Waals surface area contributed by atoms with Crippen LogP contribution in [0.25, 0.3) is 0 Å². The van der Waals surface area contributed by atoms with Crippen molar-refractivity contribution in [2.45, 2.75) is 45.7 Å². The Morgan fingerprint density at radius 2 is 2.05 bits per heavy atom. The summed E-state index contributed by atoms with van der Waals surface area (Å²) in [6.45, 7) is 6.31. The summed E-state index contributed by atoms with van der Waals surface area (Å²) in [4.78, 5) is 4.49. The Kier molecular flexibility index (Phi) is 6.27. The molecule has 0 aliphatic heterocycles. The lowest BCUT2D eigenvalue weighted by atomic mass is 10.0. The van der Waals surface area contributed by atoms with Gasteiger partial charge in [-0.1, -0.05) is 36.7 Å². The van der Waals surface area contributed by atoms with Crippen LogP contribution in [0.2, 0.25) is 5.02 Å². The summed E-state index contributed by atoms with van der Waals surface area (Å²) in [5, 5.41) is 4.47. The van der Waals surface area contributed by atoms with E-state index >= 15 is 0 Å². The first-order chi connectivity index (χ1) is 10.2. The molecular weight excluding hydrogens is 282 g/mol. The van der Waals surface area contributed by atoms with Crippen LogP contribution in [-0.4, -0.2) is 22.1 Å². The standard InChI is InChI=1S/C17H24ClN3/c1-3-9-19-15(12-14-7-5-6-8-16(14)18)13-17-20-10-11-21(17)4-2/h5-8,10-11,15,19H,3-4,9,12-13H2,1-2H3. The van der Waals surface area contributed by atoms with E-state index < -0.39 is 0 Å². The van der Waals surface area contributed by atoms with Crippen LogP contribution in [0.4, 0.5) is 0 Å². The molecule has 1 aromatic carbocycles. The summed E-state index contributed by atoms with van der Waals surface area (Å²) in [5.74, 6) is 1.14. The molecule has 0 saturated heterocycles. The van der Waals surface area contributed by atoms with E-state index in [0.717, 1.165) is 43.2 Å². The van der Waals surface area contributed by atoms with Crippen LogP contribution in [0.1, 0.15) is 31.7 Å². The Labute approximate surface area is 132 Å². The van der Waals surface area contributed by atoms with Crippen LogP contribution < -0.4 is 5.32 Å². The summed E-state index contributed by atoms with van der Waals surface area (Å²) < 4.78 is 2.20. The van der Waals surface area contributed by atoms with E-state index in [9.17, 15) is 0 Å². The lowest BCUT2D eigenvalue weighted by Crippen LogP contribution is -2.34. The van der Waals surface area contributed by atoms with E-state index in [1.54, 1.807) is 0 Å². The Bertz CT molecular complexity index is 550. The zero-order valence-corrected chi connectivity index (χ0v) is 13.6. The number of aromatic nitrogens is 2. The van der Waals surface area contributed by atoms with Crippen molar-refractivity contribution < 1.29 is 0 Å². The van der Waals surface area contributed by atoms with Gasteiger partial charge in [0.15, 0.2) is 0 Å². The monoisotopic (exact) mass is 305 g/mol. The highest BCUT2D eigenvalue weighted by atomic mass is 35.5. The Balaban J connectivity index is 2.09. The third kappa shape index (κ3) is 4.58. The Morgan fingerprint density at radius 1 is 1.24 bits per heavy atom. The number of hydrogen-bond acceptors (Lipinski definition) is 2. The highest BCUT2D eigenvalue weighted by molar-refractivity contribution is 6.31. The van der Waals surface area contributed by atoms with E-state index in [-0.39, 0.29) is 0 Å². The van der Waals surface area contributed by atoms with Crippen molar-refractivity contribution >= 4 is 11.6 Å². The Hall–Kier alpha value is -1.32. The maximum atomic E-state index is 6.29. The molecule has 1 heterocycles. The van der Waals surface area contributed by atoms with Gasteiger partial charge in [0.1, 0.15) is 5.82 Å². The van der Waals surface area contributed by atoms with Crippen LogP contribution in [0, 0.1) is 0 Å². The number of halogens is 1. The zero-order valence-electron chi connectivity index (χ0n) is 12.8. The SMILES string of the molecule is CCCNC(Cc1ccccc1Cl)Cc1nccn1CC. The fourth-order valence-electron chi connectivity index (χ4n) is 2.53. The maximum Gasteiger partial charge on any atom is 0.110 e. The summed E-state index contributed by atoms with van der Waals surface area (Å²) in [5.41, 5.74) is 1.20. The number of benzene rings is 1. The largest absolute Gasteiger partial charge is 0.335 e. The molecule has 0 bridgehead atoms. The molecule has 0 fully saturated rings. The molecule has 3 nitrogen and oxygen atoms in total. The van der Waals surface area contributed by atoms with Crippen molar-refractivity contribution in [3.05, 3.63) is 53.1 Å². The minimum absolute atomic E-state index is 0.359. The van der Waals surface area contributed by atoms with Gasteiger partial charge >= 0.3 is 0 Å². The lowest BCUT2D eigenvalue weighted by molar-refractivity contribution is 0.485. The molecule has 0 saturated carbocycles. The number of imidazole rings is 1. The maximum absolute atomic E-state index is 6.29. The minimum atomic E-state index is 0.359. The third-order valence-corrected chi connectivity index (χ3v) is 4.05. The smallest absolute Gasteiger partial charge is 0.110 e. The molecule has 0 spiro atoms. The van der Waals surface area contributed by atoms with Gasteiger partial charge < -0.3 is 9.88 Å². The molecule has 1 unspecified atom stereocenters. The van der Waals surface area contributed by atoms with Gasteiger partial charge in [0.05, 0.1) is 0 Å². The molecule has 1 atom stereocenters. The molecule has 0 amide bonds. The van der Waals surface area contributed by atoms with Gasteiger partial charge in [-0.15, -0.1) is 0 Å². The second-order valence-electron chi connectivity index (χ2n) is 5.28. The summed E-state index contributed by atoms with van der Waals surface area (Å²) in [6, 6.07) is 8.45. The molecule has 2 rings (SSSR count). The number of rotatable bonds is 8. The first-order valence-electron chi connectivity index (χ1n) is 7.71. The molecule has 0 radical (unpaired) electrons. The number of aryl methyl sites for hydroxylation is 1. The Morgan fingerprint density at radius 3 is 2.76 bits per heavy atom. The third-order valence-electron chi connectivity index (χ3n) is 3.68. The predicted octanol–water partition coefficient (Wildman–Crippen LogP) is 3.71. The lowest BCUT2D eigenvalue weighted by Gasteiger charge is -2.19. The van der Waals surface area contributed by atoms with Crippen molar-refractivity contribution in [3.63, 3.8) is 0 Å². The fourth-order valence-corrected chi connectivity index (χ4v) is 2.75. The van der Waals surface area contributed by atoms with Gasteiger partial charge in [0, 0.05) is 36.4 Å². The molecule has 1 N–H and O–H groups in total. The molecule has 1 aromatic heterocycles. The minimum Gasteiger partial charge on any atom is -0.335 e. The highest BCUT2D eigenvalue weighted by Gasteiger charge is 2.14. The van der Waals surface area contributed by atoms with E-state index in [1.165, 1.54) is 5.56 Å². The van der Waals surface area contributed by atoms with Crippen LogP contribution >= 0.6 is 11.6 Å². The molecule has 4 heteroatoms. The van der Waals surface area contributed by atoms with E-state index in [4.69, 9.17) is 11.6 Å². The zero-order chi connectivity index (χ0) is 15.1. The quantitative estimate of drug-likeness (QED) is 0.806. The van der Waals surface area contributed by atoms with Crippen molar-refractivity contribution in [2.24, 2.45) is 0 Å². The van der Waals surface area contributed by atoms with Gasteiger partial charge in [-0.3, -0.25) is 0 Å². The second kappa shape index (κ2) is 8.20. The molecule has 2 aromatic rings. The van der Waals surface area contributed by atoms with E-state index in [0.29, 0.717) is 6.04 Å². The van der Waals surface area contributed by atoms with Gasteiger partial charge in [-0.05, 0) is 37.9 Å². The summed E-state index contributed by atoms with van der Waals surface area (Å²) in [7, 11) is 0. The van der Waals surface area contributed by atoms with Crippen LogP contribution in [0.15, 0.2) is 36.7 Å². The first-order valence-corrected chi connectivity index (χ1v) is 8.09. The van der Waals surface area contributed by atoms with Crippen molar-refractivity contribution in [2.75, 3.05) is 6.54 Å². The van der Waals surface area contributed by atoms with Gasteiger partial charge in [0.25, 0.3) is 0 Å². The average Bonchev–Trinajstić information content (AvgIpc) is 2.94. The molecule has 0 aliphatic rings. The fraction of sp³-hybridized carbons (Fsp3) is 0.471. The second-order valence-corrected chi connectivity index (χ2v) is 5.69. The van der Waals surface area contributed by atoms with Crippen LogP contribution in [0.3, 0.4) is 0 Å². The molecule has 21 heavy (non-hydrogen) atoms. The highest BCUT2D eigenvalue weighted by Crippen LogP contribution is 2.18. The van der Waals surface area contributed by atoms with Gasteiger partial charge in [-0.2, -0.15) is 0 Å². The summed E-state index contributed by atoms with van der Waals surface area (Å²) >= 11 is 6.29. The van der Waals surface area contributed by atoms with E-state index in [1.807, 2.05) is 30.6 Å². The molecular formula is C17H24ClN3. The average molecular weight is 306 g/mol. The predicted molar refractivity (Wildman–Crippen MR) is 88.8 cm³/mol. The number of nitrogens with one attached hydrogen (secondary N) is 1. The van der Waals surface area contributed by atoms with Crippen molar-refractivity contribution in [1.82, 2.24) is 14.9 Å². The topological polar surface area (TPSA) is 29.9 Å². The van der Waals surface area contributed by atoms with E-state index in [2.05, 4.69) is 34.8 Å². The van der Waals surface area contributed by atoms with Crippen LogP contribution in [0.5, 0.6) is 0 Å². The molecule has 0 aliphatic carbocycles. The van der Waals surface area contributed by atoms with Crippen molar-refractivity contribution in [1.29, 1.82) is 0 Å². The van der Waals surface area contributed by atoms with Crippen molar-refractivity contribution in [3.8, 4) is 0 Å².